The minimum absolute atomic E-state index is 0.582. The van der Waals surface area contributed by atoms with Gasteiger partial charge in [-0.15, -0.1) is 0 Å². The van der Waals surface area contributed by atoms with E-state index in [-0.39, 0.29) is 0 Å². The zero-order valence-corrected chi connectivity index (χ0v) is 8.87. The van der Waals surface area contributed by atoms with Gasteiger partial charge in [-0.05, 0) is 24.1 Å². The molecule has 2 nitrogen and oxygen atoms in total. The Morgan fingerprint density at radius 1 is 1.06 bits per heavy atom. The van der Waals surface area contributed by atoms with Crippen LogP contribution in [0.15, 0.2) is 41.1 Å². The molecule has 0 amide bonds. The van der Waals surface area contributed by atoms with Gasteiger partial charge in [-0.1, -0.05) is 12.1 Å². The predicted molar refractivity (Wildman–Crippen MR) is 55.4 cm³/mol. The summed E-state index contributed by atoms with van der Waals surface area (Å²) in [4.78, 5) is 3.94. The van der Waals surface area contributed by atoms with Crippen LogP contribution >= 0.6 is 0 Å². The maximum absolute atomic E-state index is 12.3. The molecule has 5 heteroatoms. The van der Waals surface area contributed by atoms with Crippen LogP contribution in [0.2, 0.25) is 0 Å². The Bertz CT molecular complexity index is 459. The lowest BCUT2D eigenvalue weighted by Crippen LogP contribution is -2.04. The van der Waals surface area contributed by atoms with Crippen molar-refractivity contribution in [3.63, 3.8) is 0 Å². The summed E-state index contributed by atoms with van der Waals surface area (Å²) in [5, 5.41) is 0. The van der Waals surface area contributed by atoms with Crippen molar-refractivity contribution in [2.75, 3.05) is 0 Å². The third-order valence-electron chi connectivity index (χ3n) is 2.39. The lowest BCUT2D eigenvalue weighted by molar-refractivity contribution is -0.137. The van der Waals surface area contributed by atoms with Gasteiger partial charge < -0.3 is 4.42 Å². The van der Waals surface area contributed by atoms with Crippen molar-refractivity contribution in [1.29, 1.82) is 0 Å². The molecule has 1 aromatic carbocycles. The molecule has 0 aliphatic carbocycles. The molecule has 0 spiro atoms. The van der Waals surface area contributed by atoms with E-state index in [1.54, 1.807) is 6.20 Å². The smallest absolute Gasteiger partial charge is 0.416 e. The van der Waals surface area contributed by atoms with Crippen LogP contribution in [0.3, 0.4) is 0 Å². The van der Waals surface area contributed by atoms with Gasteiger partial charge in [0.15, 0.2) is 5.89 Å². The van der Waals surface area contributed by atoms with E-state index >= 15 is 0 Å². The van der Waals surface area contributed by atoms with Crippen LogP contribution in [0.1, 0.15) is 17.0 Å². The van der Waals surface area contributed by atoms with Crippen molar-refractivity contribution in [3.05, 3.63) is 53.7 Å². The van der Waals surface area contributed by atoms with E-state index in [1.807, 2.05) is 0 Å². The maximum atomic E-state index is 12.3. The second-order valence-corrected chi connectivity index (χ2v) is 3.62. The number of halogens is 3. The zero-order chi connectivity index (χ0) is 12.3. The highest BCUT2D eigenvalue weighted by atomic mass is 19.4. The van der Waals surface area contributed by atoms with Crippen LogP contribution in [0, 0.1) is 0 Å². The molecular formula is C12H10F3NO. The number of alkyl halides is 3. The monoisotopic (exact) mass is 241 g/mol. The molecule has 0 atom stereocenters. The number of nitrogens with zero attached hydrogens (tertiary/aromatic N) is 1. The molecular weight excluding hydrogens is 231 g/mol. The Morgan fingerprint density at radius 2 is 1.76 bits per heavy atom. The molecule has 1 aromatic heterocycles. The number of aryl methyl sites for hydroxylation is 2. The Labute approximate surface area is 96.1 Å². The molecule has 0 unspecified atom stereocenters. The summed E-state index contributed by atoms with van der Waals surface area (Å²) in [7, 11) is 0. The molecule has 2 aromatic rings. The molecule has 2 rings (SSSR count). The van der Waals surface area contributed by atoms with E-state index in [1.165, 1.54) is 18.4 Å². The topological polar surface area (TPSA) is 26.0 Å². The third kappa shape index (κ3) is 3.09. The van der Waals surface area contributed by atoms with Gasteiger partial charge in [0.2, 0.25) is 0 Å². The highest BCUT2D eigenvalue weighted by molar-refractivity contribution is 5.24. The predicted octanol–water partition coefficient (Wildman–Crippen LogP) is 3.48. The highest BCUT2D eigenvalue weighted by Gasteiger charge is 2.29. The number of hydrogen-bond donors (Lipinski definition) is 0. The van der Waals surface area contributed by atoms with E-state index < -0.39 is 11.7 Å². The summed E-state index contributed by atoms with van der Waals surface area (Å²) in [6.45, 7) is 0. The zero-order valence-electron chi connectivity index (χ0n) is 8.87. The van der Waals surface area contributed by atoms with Gasteiger partial charge in [0.05, 0.1) is 11.8 Å². The van der Waals surface area contributed by atoms with Gasteiger partial charge in [0.25, 0.3) is 0 Å². The lowest BCUT2D eigenvalue weighted by atomic mass is 10.1. The average Bonchev–Trinajstić information content (AvgIpc) is 2.78. The molecule has 0 bridgehead atoms. The van der Waals surface area contributed by atoms with Crippen LogP contribution < -0.4 is 0 Å². The number of oxazole rings is 1. The average molecular weight is 241 g/mol. The summed E-state index contributed by atoms with van der Waals surface area (Å²) in [6, 6.07) is 5.13. The van der Waals surface area contributed by atoms with Crippen LogP contribution in [-0.2, 0) is 19.0 Å². The lowest BCUT2D eigenvalue weighted by Gasteiger charge is -2.06. The molecule has 0 saturated carbocycles. The molecule has 17 heavy (non-hydrogen) atoms. The largest absolute Gasteiger partial charge is 0.449 e. The minimum atomic E-state index is -4.28. The number of aromatic nitrogens is 1. The second-order valence-electron chi connectivity index (χ2n) is 3.62. The third-order valence-corrected chi connectivity index (χ3v) is 2.39. The SMILES string of the molecule is FC(F)(F)c1ccc(CCc2ncco2)cc1. The molecule has 0 fully saturated rings. The van der Waals surface area contributed by atoms with Crippen molar-refractivity contribution in [2.45, 2.75) is 19.0 Å². The Kier molecular flexibility index (Phi) is 3.17. The first kappa shape index (κ1) is 11.7. The quantitative estimate of drug-likeness (QED) is 0.822. The van der Waals surface area contributed by atoms with Crippen molar-refractivity contribution >= 4 is 0 Å². The van der Waals surface area contributed by atoms with E-state index in [0.717, 1.165) is 17.7 Å². The fraction of sp³-hybridized carbons (Fsp3) is 0.250. The van der Waals surface area contributed by atoms with Gasteiger partial charge in [0.1, 0.15) is 6.26 Å². The minimum Gasteiger partial charge on any atom is -0.449 e. The number of rotatable bonds is 3. The first-order chi connectivity index (χ1) is 8.05. The fourth-order valence-electron chi connectivity index (χ4n) is 1.49. The summed E-state index contributed by atoms with van der Waals surface area (Å²) >= 11 is 0. The van der Waals surface area contributed by atoms with E-state index in [9.17, 15) is 13.2 Å². The van der Waals surface area contributed by atoms with Gasteiger partial charge >= 0.3 is 6.18 Å². The van der Waals surface area contributed by atoms with Gasteiger partial charge in [-0.25, -0.2) is 4.98 Å². The summed E-state index contributed by atoms with van der Waals surface area (Å²) in [5.74, 6) is 0.588. The van der Waals surface area contributed by atoms with E-state index in [4.69, 9.17) is 4.42 Å². The second kappa shape index (κ2) is 4.61. The summed E-state index contributed by atoms with van der Waals surface area (Å²) in [5.41, 5.74) is 0.202. The highest BCUT2D eigenvalue weighted by Crippen LogP contribution is 2.29. The molecule has 90 valence electrons. The normalized spacial score (nSPS) is 11.7. The molecule has 1 heterocycles. The molecule has 0 saturated heterocycles. The Balaban J connectivity index is 1.99. The maximum Gasteiger partial charge on any atom is 0.416 e. The van der Waals surface area contributed by atoms with Gasteiger partial charge in [-0.2, -0.15) is 13.2 Å². The van der Waals surface area contributed by atoms with Crippen molar-refractivity contribution in [1.82, 2.24) is 4.98 Å². The Hall–Kier alpha value is -1.78. The molecule has 0 aliphatic rings. The van der Waals surface area contributed by atoms with Gasteiger partial charge in [0, 0.05) is 6.42 Å². The molecule has 0 aliphatic heterocycles. The molecule has 0 radical (unpaired) electrons. The summed E-state index contributed by atoms with van der Waals surface area (Å²) < 4.78 is 42.0. The number of hydrogen-bond acceptors (Lipinski definition) is 2. The van der Waals surface area contributed by atoms with Crippen LogP contribution in [0.25, 0.3) is 0 Å². The first-order valence-electron chi connectivity index (χ1n) is 5.10. The van der Waals surface area contributed by atoms with Crippen molar-refractivity contribution < 1.29 is 17.6 Å². The van der Waals surface area contributed by atoms with Gasteiger partial charge in [-0.3, -0.25) is 0 Å². The van der Waals surface area contributed by atoms with E-state index in [2.05, 4.69) is 4.98 Å². The van der Waals surface area contributed by atoms with Crippen LogP contribution in [0.5, 0.6) is 0 Å². The Morgan fingerprint density at radius 3 is 2.29 bits per heavy atom. The van der Waals surface area contributed by atoms with Crippen LogP contribution in [-0.4, -0.2) is 4.98 Å². The van der Waals surface area contributed by atoms with E-state index in [0.29, 0.717) is 18.7 Å². The molecule has 0 N–H and O–H groups in total. The standard InChI is InChI=1S/C12H10F3NO/c13-12(14,15)10-4-1-9(2-5-10)3-6-11-16-7-8-17-11/h1-2,4-5,7-8H,3,6H2. The van der Waals surface area contributed by atoms with Crippen molar-refractivity contribution in [3.8, 4) is 0 Å². The van der Waals surface area contributed by atoms with Crippen LogP contribution in [0.4, 0.5) is 13.2 Å². The number of benzene rings is 1. The first-order valence-corrected chi connectivity index (χ1v) is 5.10. The summed E-state index contributed by atoms with van der Waals surface area (Å²) in [6.07, 6.45) is -0.0672. The fourth-order valence-corrected chi connectivity index (χ4v) is 1.49. The van der Waals surface area contributed by atoms with Crippen molar-refractivity contribution in [2.24, 2.45) is 0 Å².